The molecular weight excluding hydrogens is 388 g/mol. The molecule has 0 saturated carbocycles. The van der Waals surface area contributed by atoms with Crippen LogP contribution in [-0.4, -0.2) is 40.0 Å². The number of nitrogens with zero attached hydrogens (tertiary/aromatic N) is 4. The fourth-order valence-corrected chi connectivity index (χ4v) is 3.73. The van der Waals surface area contributed by atoms with Crippen molar-refractivity contribution in [2.45, 2.75) is 25.9 Å². The lowest BCUT2D eigenvalue weighted by molar-refractivity contribution is 0.273. The Balaban J connectivity index is 1.50. The van der Waals surface area contributed by atoms with Crippen LogP contribution in [0.4, 0.5) is 14.7 Å². The summed E-state index contributed by atoms with van der Waals surface area (Å²) in [5.74, 6) is -1.15. The van der Waals surface area contributed by atoms with E-state index in [1.807, 2.05) is 29.0 Å². The van der Waals surface area contributed by atoms with Gasteiger partial charge in [-0.2, -0.15) is 0 Å². The summed E-state index contributed by atoms with van der Waals surface area (Å²) in [6.45, 7) is 2.06. The fraction of sp³-hybridized carbons (Fsp3) is 0.318. The van der Waals surface area contributed by atoms with Gasteiger partial charge in [0, 0.05) is 63.2 Å². The molecule has 3 heterocycles. The van der Waals surface area contributed by atoms with Gasteiger partial charge >= 0.3 is 0 Å². The molecule has 0 radical (unpaired) electrons. The van der Waals surface area contributed by atoms with Crippen LogP contribution in [0.2, 0.25) is 0 Å². The van der Waals surface area contributed by atoms with Crippen LogP contribution in [-0.2, 0) is 25.9 Å². The van der Waals surface area contributed by atoms with Crippen molar-refractivity contribution in [1.29, 1.82) is 0 Å². The van der Waals surface area contributed by atoms with E-state index in [-0.39, 0.29) is 5.56 Å². The summed E-state index contributed by atoms with van der Waals surface area (Å²) in [4.78, 5) is 28.3. The van der Waals surface area contributed by atoms with Crippen molar-refractivity contribution < 1.29 is 8.78 Å². The Labute approximate surface area is 173 Å². The summed E-state index contributed by atoms with van der Waals surface area (Å²) in [5, 5.41) is 0. The number of benzene rings is 1. The number of hydrogen-bond acceptors (Lipinski definition) is 5. The first-order valence-corrected chi connectivity index (χ1v) is 9.88. The predicted octanol–water partition coefficient (Wildman–Crippen LogP) is 2.68. The molecule has 2 aromatic heterocycles. The minimum Gasteiger partial charge on any atom is -0.341 e. The van der Waals surface area contributed by atoms with E-state index in [1.165, 1.54) is 6.07 Å². The van der Waals surface area contributed by atoms with E-state index in [9.17, 15) is 13.6 Å². The van der Waals surface area contributed by atoms with Crippen molar-refractivity contribution in [2.75, 3.05) is 25.0 Å². The van der Waals surface area contributed by atoms with Crippen molar-refractivity contribution in [3.63, 3.8) is 0 Å². The predicted molar refractivity (Wildman–Crippen MR) is 110 cm³/mol. The zero-order valence-corrected chi connectivity index (χ0v) is 16.7. The minimum atomic E-state index is -0.843. The molecule has 1 aliphatic heterocycles. The topological polar surface area (TPSA) is 65.1 Å². The first-order chi connectivity index (χ1) is 14.5. The summed E-state index contributed by atoms with van der Waals surface area (Å²) >= 11 is 0. The molecule has 30 heavy (non-hydrogen) atoms. The van der Waals surface area contributed by atoms with Crippen molar-refractivity contribution in [3.8, 4) is 0 Å². The lowest BCUT2D eigenvalue weighted by Gasteiger charge is -2.20. The Morgan fingerprint density at radius 3 is 2.80 bits per heavy atom. The minimum absolute atomic E-state index is 0.146. The molecule has 4 rings (SSSR count). The van der Waals surface area contributed by atoms with Crippen LogP contribution < -0.4 is 10.5 Å². The molecule has 1 N–H and O–H groups in total. The number of fused-ring (bicyclic) bond motifs is 1. The van der Waals surface area contributed by atoms with Crippen LogP contribution in [0, 0.1) is 11.6 Å². The summed E-state index contributed by atoms with van der Waals surface area (Å²) in [7, 11) is 1.87. The van der Waals surface area contributed by atoms with Crippen molar-refractivity contribution in [3.05, 3.63) is 87.1 Å². The van der Waals surface area contributed by atoms with Gasteiger partial charge in [0.05, 0.1) is 5.69 Å². The number of anilines is 1. The molecule has 156 valence electrons. The number of pyridine rings is 1. The summed E-state index contributed by atoms with van der Waals surface area (Å²) < 4.78 is 27.5. The molecule has 8 heteroatoms. The summed E-state index contributed by atoms with van der Waals surface area (Å²) in [6.07, 6.45) is 4.58. The molecule has 3 aromatic rings. The first-order valence-electron chi connectivity index (χ1n) is 9.88. The summed E-state index contributed by atoms with van der Waals surface area (Å²) in [6, 6.07) is 8.05. The second-order valence-electron chi connectivity index (χ2n) is 7.52. The SMILES string of the molecule is CN(Cc1cccnc1)c1nc2c(c(=O)[nH]1)CCN(Cc1cccc(F)c1F)CC2. The van der Waals surface area contributed by atoms with E-state index in [0.29, 0.717) is 56.1 Å². The van der Waals surface area contributed by atoms with Crippen LogP contribution in [0.15, 0.2) is 47.5 Å². The first kappa shape index (κ1) is 20.2. The largest absolute Gasteiger partial charge is 0.341 e. The monoisotopic (exact) mass is 411 g/mol. The van der Waals surface area contributed by atoms with Gasteiger partial charge in [-0.25, -0.2) is 13.8 Å². The van der Waals surface area contributed by atoms with Gasteiger partial charge in [-0.1, -0.05) is 18.2 Å². The molecule has 1 aliphatic rings. The normalized spacial score (nSPS) is 14.2. The van der Waals surface area contributed by atoms with Gasteiger partial charge < -0.3 is 4.90 Å². The molecule has 0 unspecified atom stereocenters. The van der Waals surface area contributed by atoms with Crippen molar-refractivity contribution in [1.82, 2.24) is 19.9 Å². The molecule has 0 fully saturated rings. The third kappa shape index (κ3) is 4.38. The lowest BCUT2D eigenvalue weighted by Crippen LogP contribution is -2.27. The zero-order chi connectivity index (χ0) is 21.1. The number of aromatic amines is 1. The second-order valence-corrected chi connectivity index (χ2v) is 7.52. The third-order valence-electron chi connectivity index (χ3n) is 5.36. The Morgan fingerprint density at radius 1 is 1.17 bits per heavy atom. The van der Waals surface area contributed by atoms with E-state index < -0.39 is 11.6 Å². The molecular formula is C22H23F2N5O. The number of nitrogens with one attached hydrogen (secondary N) is 1. The standard InChI is InChI=1S/C22H23F2N5O/c1-28(13-15-4-3-9-25-12-15)22-26-19-8-11-29(10-7-17(19)21(30)27-22)14-16-5-2-6-18(23)20(16)24/h2-6,9,12H,7-8,10-11,13-14H2,1H3,(H,26,27,30). The highest BCUT2D eigenvalue weighted by Crippen LogP contribution is 2.18. The Morgan fingerprint density at radius 2 is 2.00 bits per heavy atom. The van der Waals surface area contributed by atoms with Gasteiger partial charge in [-0.3, -0.25) is 19.7 Å². The number of rotatable bonds is 5. The van der Waals surface area contributed by atoms with Crippen LogP contribution >= 0.6 is 0 Å². The van der Waals surface area contributed by atoms with E-state index in [4.69, 9.17) is 4.98 Å². The average Bonchev–Trinajstić information content (AvgIpc) is 2.95. The number of hydrogen-bond donors (Lipinski definition) is 1. The van der Waals surface area contributed by atoms with Crippen LogP contribution in [0.3, 0.4) is 0 Å². The zero-order valence-electron chi connectivity index (χ0n) is 16.7. The van der Waals surface area contributed by atoms with Crippen LogP contribution in [0.1, 0.15) is 22.4 Å². The molecule has 0 spiro atoms. The third-order valence-corrected chi connectivity index (χ3v) is 5.36. The Hall–Kier alpha value is -3.13. The van der Waals surface area contributed by atoms with Gasteiger partial charge in [0.2, 0.25) is 5.95 Å². The van der Waals surface area contributed by atoms with E-state index in [2.05, 4.69) is 9.97 Å². The van der Waals surface area contributed by atoms with E-state index in [1.54, 1.807) is 18.5 Å². The summed E-state index contributed by atoms with van der Waals surface area (Å²) in [5.41, 5.74) is 2.61. The highest BCUT2D eigenvalue weighted by molar-refractivity contribution is 5.34. The van der Waals surface area contributed by atoms with E-state index in [0.717, 1.165) is 17.3 Å². The highest BCUT2D eigenvalue weighted by Gasteiger charge is 2.21. The smallest absolute Gasteiger partial charge is 0.255 e. The second kappa shape index (κ2) is 8.71. The number of halogens is 2. The molecule has 0 saturated heterocycles. The average molecular weight is 411 g/mol. The molecule has 0 bridgehead atoms. The van der Waals surface area contributed by atoms with Gasteiger partial charge in [0.25, 0.3) is 5.56 Å². The lowest BCUT2D eigenvalue weighted by atomic mass is 10.1. The van der Waals surface area contributed by atoms with E-state index >= 15 is 0 Å². The highest BCUT2D eigenvalue weighted by atomic mass is 19.2. The fourth-order valence-electron chi connectivity index (χ4n) is 3.73. The quantitative estimate of drug-likeness (QED) is 0.699. The molecule has 1 aromatic carbocycles. The van der Waals surface area contributed by atoms with Gasteiger partial charge in [0.15, 0.2) is 11.6 Å². The molecule has 0 atom stereocenters. The molecule has 0 aliphatic carbocycles. The van der Waals surface area contributed by atoms with Gasteiger partial charge in [-0.15, -0.1) is 0 Å². The molecule has 0 amide bonds. The Kier molecular flexibility index (Phi) is 5.85. The van der Waals surface area contributed by atoms with Gasteiger partial charge in [0.1, 0.15) is 0 Å². The maximum Gasteiger partial charge on any atom is 0.255 e. The van der Waals surface area contributed by atoms with Crippen molar-refractivity contribution >= 4 is 5.95 Å². The maximum absolute atomic E-state index is 14.0. The van der Waals surface area contributed by atoms with Gasteiger partial charge in [-0.05, 0) is 24.1 Å². The number of aromatic nitrogens is 3. The number of H-pyrrole nitrogens is 1. The molecule has 6 nitrogen and oxygen atoms in total. The Bertz CT molecular complexity index is 1090. The van der Waals surface area contributed by atoms with Crippen molar-refractivity contribution in [2.24, 2.45) is 0 Å². The van der Waals surface area contributed by atoms with Crippen LogP contribution in [0.25, 0.3) is 0 Å². The van der Waals surface area contributed by atoms with Crippen LogP contribution in [0.5, 0.6) is 0 Å². The maximum atomic E-state index is 14.0.